The van der Waals surface area contributed by atoms with E-state index in [4.69, 9.17) is 0 Å². The van der Waals surface area contributed by atoms with Crippen molar-refractivity contribution in [3.05, 3.63) is 59.2 Å². The number of hydrogen-bond donors (Lipinski definition) is 0. The third-order valence-corrected chi connectivity index (χ3v) is 5.45. The van der Waals surface area contributed by atoms with Crippen LogP contribution in [-0.4, -0.2) is 24.9 Å². The fourth-order valence-corrected chi connectivity index (χ4v) is 4.11. The number of nitrogens with zero attached hydrogens (tertiary/aromatic N) is 2. The zero-order chi connectivity index (χ0) is 18.1. The van der Waals surface area contributed by atoms with Crippen molar-refractivity contribution in [1.82, 2.24) is 0 Å². The van der Waals surface area contributed by atoms with Gasteiger partial charge in [-0.3, -0.25) is 9.59 Å². The molecule has 0 aromatic heterocycles. The van der Waals surface area contributed by atoms with Gasteiger partial charge >= 0.3 is 0 Å². The van der Waals surface area contributed by atoms with E-state index in [0.717, 1.165) is 36.2 Å². The molecule has 2 aliphatic rings. The molecule has 4 nitrogen and oxygen atoms in total. The third kappa shape index (κ3) is 3.00. The van der Waals surface area contributed by atoms with Gasteiger partial charge in [0, 0.05) is 25.6 Å². The number of carbonyl (C=O) groups is 2. The van der Waals surface area contributed by atoms with Gasteiger partial charge in [0.2, 0.25) is 5.91 Å². The molecule has 0 N–H and O–H groups in total. The van der Waals surface area contributed by atoms with Gasteiger partial charge in [0.25, 0.3) is 5.91 Å². The fraction of sp³-hybridized carbons (Fsp3) is 0.364. The van der Waals surface area contributed by atoms with E-state index in [1.165, 1.54) is 24.0 Å². The first-order valence-corrected chi connectivity index (χ1v) is 9.46. The predicted octanol–water partition coefficient (Wildman–Crippen LogP) is 3.97. The molecule has 2 aromatic carbocycles. The molecule has 0 spiro atoms. The number of benzene rings is 2. The second-order valence-corrected chi connectivity index (χ2v) is 7.16. The van der Waals surface area contributed by atoms with Crippen LogP contribution in [0.1, 0.15) is 47.7 Å². The molecule has 0 saturated carbocycles. The molecule has 4 rings (SSSR count). The van der Waals surface area contributed by atoms with Crippen LogP contribution >= 0.6 is 0 Å². The molecular formula is C22H24N2O2. The summed E-state index contributed by atoms with van der Waals surface area (Å²) in [6, 6.07) is 13.9. The van der Waals surface area contributed by atoms with Crippen molar-refractivity contribution in [3.63, 3.8) is 0 Å². The summed E-state index contributed by atoms with van der Waals surface area (Å²) in [4.78, 5) is 29.0. The van der Waals surface area contributed by atoms with Crippen LogP contribution < -0.4 is 9.80 Å². The maximum absolute atomic E-state index is 13.3. The van der Waals surface area contributed by atoms with Gasteiger partial charge in [0.05, 0.1) is 11.4 Å². The van der Waals surface area contributed by atoms with Crippen LogP contribution in [0.15, 0.2) is 42.5 Å². The number of carbonyl (C=O) groups excluding carboxylic acids is 2. The summed E-state index contributed by atoms with van der Waals surface area (Å²) >= 11 is 0. The highest BCUT2D eigenvalue weighted by Gasteiger charge is 2.27. The first-order valence-electron chi connectivity index (χ1n) is 9.46. The van der Waals surface area contributed by atoms with Gasteiger partial charge in [-0.25, -0.2) is 0 Å². The van der Waals surface area contributed by atoms with Gasteiger partial charge in [-0.05, 0) is 67.5 Å². The monoisotopic (exact) mass is 348 g/mol. The van der Waals surface area contributed by atoms with Crippen LogP contribution in [0.3, 0.4) is 0 Å². The number of para-hydroxylation sites is 2. The summed E-state index contributed by atoms with van der Waals surface area (Å²) in [7, 11) is 0. The number of aryl methyl sites for hydroxylation is 2. The Bertz CT molecular complexity index is 859. The van der Waals surface area contributed by atoms with Crippen LogP contribution in [0.25, 0.3) is 0 Å². The lowest BCUT2D eigenvalue weighted by Crippen LogP contribution is -2.31. The molecule has 0 unspecified atom stereocenters. The van der Waals surface area contributed by atoms with Gasteiger partial charge in [0.15, 0.2) is 0 Å². The van der Waals surface area contributed by atoms with Crippen molar-refractivity contribution >= 4 is 23.2 Å². The molecule has 26 heavy (non-hydrogen) atoms. The second-order valence-electron chi connectivity index (χ2n) is 7.16. The quantitative estimate of drug-likeness (QED) is 0.782. The summed E-state index contributed by atoms with van der Waals surface area (Å²) in [5.74, 6) is 0.0387. The van der Waals surface area contributed by atoms with Crippen molar-refractivity contribution in [2.75, 3.05) is 22.9 Å². The van der Waals surface area contributed by atoms with Crippen LogP contribution in [0.4, 0.5) is 11.4 Å². The van der Waals surface area contributed by atoms with E-state index in [1.54, 1.807) is 11.8 Å². The lowest BCUT2D eigenvalue weighted by Gasteiger charge is -2.25. The van der Waals surface area contributed by atoms with Crippen molar-refractivity contribution in [1.29, 1.82) is 0 Å². The maximum atomic E-state index is 13.3. The van der Waals surface area contributed by atoms with Gasteiger partial charge < -0.3 is 9.80 Å². The Balaban J connectivity index is 1.71. The highest BCUT2D eigenvalue weighted by molar-refractivity contribution is 6.09. The summed E-state index contributed by atoms with van der Waals surface area (Å²) in [5, 5.41) is 0. The van der Waals surface area contributed by atoms with Crippen LogP contribution in [0.5, 0.6) is 0 Å². The van der Waals surface area contributed by atoms with Crippen LogP contribution in [0, 0.1) is 0 Å². The number of hydrogen-bond acceptors (Lipinski definition) is 2. The predicted molar refractivity (Wildman–Crippen MR) is 104 cm³/mol. The van der Waals surface area contributed by atoms with Crippen LogP contribution in [0.2, 0.25) is 0 Å². The van der Waals surface area contributed by atoms with E-state index in [0.29, 0.717) is 13.1 Å². The third-order valence-electron chi connectivity index (χ3n) is 5.45. The lowest BCUT2D eigenvalue weighted by atomic mass is 9.90. The Morgan fingerprint density at radius 1 is 0.808 bits per heavy atom. The van der Waals surface area contributed by atoms with Crippen LogP contribution in [-0.2, 0) is 17.6 Å². The zero-order valence-electron chi connectivity index (χ0n) is 15.2. The van der Waals surface area contributed by atoms with E-state index in [-0.39, 0.29) is 11.8 Å². The minimum absolute atomic E-state index is 0.0144. The van der Waals surface area contributed by atoms with Gasteiger partial charge in [-0.15, -0.1) is 0 Å². The minimum Gasteiger partial charge on any atom is -0.311 e. The SMILES string of the molecule is CC(=O)N1CCCN(C(=O)c2ccc3c(c2)CCCC3)c2ccccc21. The molecule has 1 heterocycles. The average molecular weight is 348 g/mol. The molecule has 134 valence electrons. The van der Waals surface area contributed by atoms with Gasteiger partial charge in [-0.2, -0.15) is 0 Å². The van der Waals surface area contributed by atoms with E-state index in [1.807, 2.05) is 35.2 Å². The number of anilines is 2. The molecule has 1 aliphatic carbocycles. The molecule has 2 amide bonds. The number of rotatable bonds is 1. The van der Waals surface area contributed by atoms with Gasteiger partial charge in [0.1, 0.15) is 0 Å². The summed E-state index contributed by atoms with van der Waals surface area (Å²) < 4.78 is 0. The van der Waals surface area contributed by atoms with Crippen molar-refractivity contribution in [3.8, 4) is 0 Å². The maximum Gasteiger partial charge on any atom is 0.258 e. The Kier molecular flexibility index (Phi) is 4.49. The summed E-state index contributed by atoms with van der Waals surface area (Å²) in [6.45, 7) is 2.84. The van der Waals surface area contributed by atoms with E-state index < -0.39 is 0 Å². The summed E-state index contributed by atoms with van der Waals surface area (Å²) in [6.07, 6.45) is 5.38. The van der Waals surface area contributed by atoms with E-state index in [2.05, 4.69) is 12.1 Å². The molecule has 4 heteroatoms. The first kappa shape index (κ1) is 16.8. The second kappa shape index (κ2) is 6.94. The molecule has 2 aromatic rings. The highest BCUT2D eigenvalue weighted by Crippen LogP contribution is 2.33. The van der Waals surface area contributed by atoms with Crippen molar-refractivity contribution in [2.45, 2.75) is 39.0 Å². The average Bonchev–Trinajstić information content (AvgIpc) is 2.87. The van der Waals surface area contributed by atoms with E-state index >= 15 is 0 Å². The minimum atomic E-state index is 0.0144. The van der Waals surface area contributed by atoms with Gasteiger partial charge in [-0.1, -0.05) is 18.2 Å². The Morgan fingerprint density at radius 3 is 2.19 bits per heavy atom. The Labute approximate surface area is 154 Å². The molecule has 0 radical (unpaired) electrons. The molecule has 0 fully saturated rings. The largest absolute Gasteiger partial charge is 0.311 e. The molecular weight excluding hydrogens is 324 g/mol. The van der Waals surface area contributed by atoms with Crippen molar-refractivity contribution < 1.29 is 9.59 Å². The molecule has 0 atom stereocenters. The Hall–Kier alpha value is -2.62. The topological polar surface area (TPSA) is 40.6 Å². The Morgan fingerprint density at radius 2 is 1.46 bits per heavy atom. The molecule has 0 saturated heterocycles. The number of amides is 2. The fourth-order valence-electron chi connectivity index (χ4n) is 4.11. The highest BCUT2D eigenvalue weighted by atomic mass is 16.2. The van der Waals surface area contributed by atoms with E-state index in [9.17, 15) is 9.59 Å². The first-order chi connectivity index (χ1) is 12.6. The lowest BCUT2D eigenvalue weighted by molar-refractivity contribution is -0.116. The smallest absolute Gasteiger partial charge is 0.258 e. The number of fused-ring (bicyclic) bond motifs is 2. The summed E-state index contributed by atoms with van der Waals surface area (Å²) in [5.41, 5.74) is 5.09. The van der Waals surface area contributed by atoms with Crippen molar-refractivity contribution in [2.24, 2.45) is 0 Å². The standard InChI is InChI=1S/C22H24N2O2/c1-16(25)23-13-6-14-24(21-10-5-4-9-20(21)23)22(26)19-12-11-17-7-2-3-8-18(17)15-19/h4-5,9-12,15H,2-3,6-8,13-14H2,1H3. The normalized spacial score (nSPS) is 16.5. The molecule has 0 bridgehead atoms. The molecule has 1 aliphatic heterocycles. The zero-order valence-corrected chi connectivity index (χ0v) is 15.2.